The number of amides is 1. The van der Waals surface area contributed by atoms with E-state index in [-0.39, 0.29) is 5.91 Å². The highest BCUT2D eigenvalue weighted by atomic mass is 32.1. The molecule has 0 aliphatic carbocycles. The highest BCUT2D eigenvalue weighted by Gasteiger charge is 2.14. The van der Waals surface area contributed by atoms with Crippen molar-refractivity contribution >= 4 is 43.6 Å². The van der Waals surface area contributed by atoms with Gasteiger partial charge in [-0.2, -0.15) is 0 Å². The van der Waals surface area contributed by atoms with Gasteiger partial charge in [-0.1, -0.05) is 35.1 Å². The summed E-state index contributed by atoms with van der Waals surface area (Å²) in [6.45, 7) is 2.01. The standard InChI is InChI=1S/C17H12N2O2S/c1-10-6-7-13-11(8-10)9-14(21-13)16(20)19-17-18-12-4-2-3-5-15(12)22-17/h2-9H,1H3,(H,18,19,20). The summed E-state index contributed by atoms with van der Waals surface area (Å²) in [5.41, 5.74) is 2.72. The number of nitrogens with one attached hydrogen (secondary N) is 1. The molecule has 2 aromatic heterocycles. The van der Waals surface area contributed by atoms with E-state index in [1.165, 1.54) is 11.3 Å². The summed E-state index contributed by atoms with van der Waals surface area (Å²) in [5.74, 6) is 0.00719. The normalized spacial score (nSPS) is 11.1. The number of hydrogen-bond acceptors (Lipinski definition) is 4. The molecule has 0 unspecified atom stereocenters. The Hall–Kier alpha value is -2.66. The summed E-state index contributed by atoms with van der Waals surface area (Å²) in [6.07, 6.45) is 0. The lowest BCUT2D eigenvalue weighted by Gasteiger charge is -1.96. The maximum atomic E-state index is 12.3. The Kier molecular flexibility index (Phi) is 2.94. The first kappa shape index (κ1) is 13.0. The minimum atomic E-state index is -0.284. The molecule has 2 heterocycles. The molecule has 0 saturated heterocycles. The average Bonchev–Trinajstić information content (AvgIpc) is 3.09. The van der Waals surface area contributed by atoms with Crippen LogP contribution in [0.4, 0.5) is 5.13 Å². The number of rotatable bonds is 2. The lowest BCUT2D eigenvalue weighted by molar-refractivity contribution is 0.0998. The molecule has 1 amide bonds. The zero-order valence-electron chi connectivity index (χ0n) is 11.8. The Morgan fingerprint density at radius 1 is 1.18 bits per heavy atom. The average molecular weight is 308 g/mol. The molecule has 2 aromatic carbocycles. The predicted molar refractivity (Wildman–Crippen MR) is 88.5 cm³/mol. The van der Waals surface area contributed by atoms with Gasteiger partial charge in [0.05, 0.1) is 10.2 Å². The van der Waals surface area contributed by atoms with Gasteiger partial charge in [-0.15, -0.1) is 0 Å². The summed E-state index contributed by atoms with van der Waals surface area (Å²) < 4.78 is 6.64. The molecule has 0 fully saturated rings. The number of para-hydroxylation sites is 1. The van der Waals surface area contributed by atoms with Crippen molar-refractivity contribution < 1.29 is 9.21 Å². The molecule has 0 spiro atoms. The molecule has 5 heteroatoms. The summed E-state index contributed by atoms with van der Waals surface area (Å²) in [5, 5.41) is 4.30. The third-order valence-corrected chi connectivity index (χ3v) is 4.36. The number of aromatic nitrogens is 1. The molecular formula is C17H12N2O2S. The molecule has 1 N–H and O–H groups in total. The second-order valence-corrected chi connectivity index (χ2v) is 6.12. The van der Waals surface area contributed by atoms with Crippen LogP contribution in [0.1, 0.15) is 16.1 Å². The molecule has 4 rings (SSSR count). The van der Waals surface area contributed by atoms with Crippen molar-refractivity contribution in [3.63, 3.8) is 0 Å². The highest BCUT2D eigenvalue weighted by molar-refractivity contribution is 7.22. The number of nitrogens with zero attached hydrogens (tertiary/aromatic N) is 1. The maximum absolute atomic E-state index is 12.3. The molecule has 0 bridgehead atoms. The van der Waals surface area contributed by atoms with Crippen LogP contribution < -0.4 is 5.32 Å². The van der Waals surface area contributed by atoms with Crippen LogP contribution in [0.2, 0.25) is 0 Å². The van der Waals surface area contributed by atoms with Crippen LogP contribution in [-0.2, 0) is 0 Å². The number of carbonyl (C=O) groups excluding carboxylic acids is 1. The van der Waals surface area contributed by atoms with Crippen molar-refractivity contribution in [2.75, 3.05) is 5.32 Å². The molecular weight excluding hydrogens is 296 g/mol. The number of thiazole rings is 1. The lowest BCUT2D eigenvalue weighted by atomic mass is 10.2. The van der Waals surface area contributed by atoms with Crippen molar-refractivity contribution in [3.8, 4) is 0 Å². The van der Waals surface area contributed by atoms with Crippen LogP contribution in [0.15, 0.2) is 52.9 Å². The van der Waals surface area contributed by atoms with Crippen molar-refractivity contribution in [1.82, 2.24) is 4.98 Å². The van der Waals surface area contributed by atoms with Gasteiger partial charge in [-0.05, 0) is 37.3 Å². The fourth-order valence-corrected chi connectivity index (χ4v) is 3.22. The molecule has 108 valence electrons. The Balaban J connectivity index is 1.65. The summed E-state index contributed by atoms with van der Waals surface area (Å²) >= 11 is 1.44. The Labute approximate surface area is 130 Å². The monoisotopic (exact) mass is 308 g/mol. The first-order chi connectivity index (χ1) is 10.7. The Morgan fingerprint density at radius 3 is 2.91 bits per heavy atom. The second kappa shape index (κ2) is 4.96. The van der Waals surface area contributed by atoms with Crippen molar-refractivity contribution in [3.05, 3.63) is 59.9 Å². The van der Waals surface area contributed by atoms with E-state index in [4.69, 9.17) is 4.42 Å². The van der Waals surface area contributed by atoms with E-state index >= 15 is 0 Å². The van der Waals surface area contributed by atoms with Crippen LogP contribution in [0.3, 0.4) is 0 Å². The molecule has 0 aliphatic heterocycles. The molecule has 0 atom stereocenters. The molecule has 4 nitrogen and oxygen atoms in total. The van der Waals surface area contributed by atoms with E-state index in [9.17, 15) is 4.79 Å². The molecule has 22 heavy (non-hydrogen) atoms. The zero-order valence-corrected chi connectivity index (χ0v) is 12.6. The second-order valence-electron chi connectivity index (χ2n) is 5.09. The summed E-state index contributed by atoms with van der Waals surface area (Å²) in [4.78, 5) is 16.7. The van der Waals surface area contributed by atoms with E-state index in [2.05, 4.69) is 10.3 Å². The number of hydrogen-bond donors (Lipinski definition) is 1. The van der Waals surface area contributed by atoms with Crippen molar-refractivity contribution in [1.29, 1.82) is 0 Å². The number of carbonyl (C=O) groups is 1. The number of furan rings is 1. The van der Waals surface area contributed by atoms with Gasteiger partial charge in [0.1, 0.15) is 5.58 Å². The van der Waals surface area contributed by atoms with E-state index in [0.717, 1.165) is 21.2 Å². The first-order valence-corrected chi connectivity index (χ1v) is 7.68. The summed E-state index contributed by atoms with van der Waals surface area (Å²) in [6, 6.07) is 15.4. The number of fused-ring (bicyclic) bond motifs is 2. The predicted octanol–water partition coefficient (Wildman–Crippen LogP) is 4.60. The maximum Gasteiger partial charge on any atom is 0.293 e. The quantitative estimate of drug-likeness (QED) is 0.588. The summed E-state index contributed by atoms with van der Waals surface area (Å²) in [7, 11) is 0. The third-order valence-electron chi connectivity index (χ3n) is 3.41. The van der Waals surface area contributed by atoms with E-state index < -0.39 is 0 Å². The van der Waals surface area contributed by atoms with Crippen molar-refractivity contribution in [2.45, 2.75) is 6.92 Å². The number of anilines is 1. The lowest BCUT2D eigenvalue weighted by Crippen LogP contribution is -2.10. The highest BCUT2D eigenvalue weighted by Crippen LogP contribution is 2.26. The van der Waals surface area contributed by atoms with Gasteiger partial charge >= 0.3 is 0 Å². The molecule has 0 saturated carbocycles. The minimum Gasteiger partial charge on any atom is -0.451 e. The molecule has 0 aliphatic rings. The molecule has 4 aromatic rings. The zero-order chi connectivity index (χ0) is 15.1. The van der Waals surface area contributed by atoms with E-state index in [1.807, 2.05) is 49.4 Å². The van der Waals surface area contributed by atoms with Gasteiger partial charge < -0.3 is 4.42 Å². The van der Waals surface area contributed by atoms with Gasteiger partial charge in [0.15, 0.2) is 10.9 Å². The fraction of sp³-hybridized carbons (Fsp3) is 0.0588. The van der Waals surface area contributed by atoms with Gasteiger partial charge in [-0.25, -0.2) is 4.98 Å². The van der Waals surface area contributed by atoms with Crippen molar-refractivity contribution in [2.24, 2.45) is 0 Å². The third kappa shape index (κ3) is 2.25. The van der Waals surface area contributed by atoms with Gasteiger partial charge in [0.25, 0.3) is 5.91 Å². The van der Waals surface area contributed by atoms with E-state index in [0.29, 0.717) is 16.5 Å². The van der Waals surface area contributed by atoms with Crippen LogP contribution >= 0.6 is 11.3 Å². The Bertz CT molecular complexity index is 967. The Morgan fingerprint density at radius 2 is 2.05 bits per heavy atom. The smallest absolute Gasteiger partial charge is 0.293 e. The van der Waals surface area contributed by atoms with Gasteiger partial charge in [-0.3, -0.25) is 10.1 Å². The topological polar surface area (TPSA) is 55.1 Å². The largest absolute Gasteiger partial charge is 0.451 e. The fourth-order valence-electron chi connectivity index (χ4n) is 2.36. The van der Waals surface area contributed by atoms with Gasteiger partial charge in [0, 0.05) is 5.39 Å². The van der Waals surface area contributed by atoms with Gasteiger partial charge in [0.2, 0.25) is 0 Å². The SMILES string of the molecule is Cc1ccc2oc(C(=O)Nc3nc4ccccc4s3)cc2c1. The minimum absolute atomic E-state index is 0.284. The van der Waals surface area contributed by atoms with Crippen LogP contribution in [0.5, 0.6) is 0 Å². The first-order valence-electron chi connectivity index (χ1n) is 6.86. The van der Waals surface area contributed by atoms with E-state index in [1.54, 1.807) is 6.07 Å². The van der Waals surface area contributed by atoms with Crippen LogP contribution in [0.25, 0.3) is 21.2 Å². The molecule has 0 radical (unpaired) electrons. The van der Waals surface area contributed by atoms with Crippen LogP contribution in [0, 0.1) is 6.92 Å². The number of aryl methyl sites for hydroxylation is 1. The van der Waals surface area contributed by atoms with Crippen LogP contribution in [-0.4, -0.2) is 10.9 Å². The number of benzene rings is 2.